The summed E-state index contributed by atoms with van der Waals surface area (Å²) in [6, 6.07) is 8.56. The van der Waals surface area contributed by atoms with Crippen molar-refractivity contribution in [3.63, 3.8) is 0 Å². The summed E-state index contributed by atoms with van der Waals surface area (Å²) >= 11 is 0. The van der Waals surface area contributed by atoms with Crippen molar-refractivity contribution in [3.05, 3.63) is 24.3 Å². The maximum atomic E-state index is 12.1. The Morgan fingerprint density at radius 2 is 2.08 bits per heavy atom. The highest BCUT2D eigenvalue weighted by Crippen LogP contribution is 2.26. The minimum absolute atomic E-state index is 0.00160. The number of urea groups is 1. The van der Waals surface area contributed by atoms with E-state index in [1.807, 2.05) is 12.1 Å². The predicted octanol–water partition coefficient (Wildman–Crippen LogP) is 3.15. The first-order chi connectivity index (χ1) is 11.7. The number of benzene rings is 1. The maximum Gasteiger partial charge on any atom is 0.315 e. The van der Waals surface area contributed by atoms with Crippen LogP contribution in [0.15, 0.2) is 24.3 Å². The Kier molecular flexibility index (Phi) is 5.83. The van der Waals surface area contributed by atoms with E-state index in [2.05, 4.69) is 27.7 Å². The van der Waals surface area contributed by atoms with Crippen LogP contribution in [0.25, 0.3) is 0 Å². The lowest BCUT2D eigenvalue weighted by Gasteiger charge is -2.23. The quantitative estimate of drug-likeness (QED) is 0.871. The lowest BCUT2D eigenvalue weighted by molar-refractivity contribution is 0.231. The fourth-order valence-corrected chi connectivity index (χ4v) is 3.76. The molecule has 1 atom stereocenters. The molecule has 1 aliphatic carbocycles. The predicted molar refractivity (Wildman–Crippen MR) is 96.7 cm³/mol. The molecule has 0 aromatic heterocycles. The van der Waals surface area contributed by atoms with E-state index in [4.69, 9.17) is 4.74 Å². The summed E-state index contributed by atoms with van der Waals surface area (Å²) in [4.78, 5) is 14.4. The normalized spacial score (nSPS) is 21.5. The number of carbonyl (C=O) groups excluding carboxylic acids is 1. The number of carbonyl (C=O) groups is 1. The minimum atomic E-state index is 0.00160. The van der Waals surface area contributed by atoms with Gasteiger partial charge in [0.25, 0.3) is 0 Å². The second-order valence-electron chi connectivity index (χ2n) is 6.99. The summed E-state index contributed by atoms with van der Waals surface area (Å²) in [6.45, 7) is 2.76. The van der Waals surface area contributed by atoms with Crippen LogP contribution in [0.5, 0.6) is 5.75 Å². The first-order valence-corrected chi connectivity index (χ1v) is 9.18. The molecule has 5 nitrogen and oxygen atoms in total. The van der Waals surface area contributed by atoms with Crippen LogP contribution in [0, 0.1) is 5.92 Å². The lowest BCUT2D eigenvalue weighted by atomic mass is 9.96. The number of anilines is 1. The SMILES string of the molecule is COc1cccc(N2CC[C@@H](CNC(=O)NC3CCCCC3)C2)c1. The summed E-state index contributed by atoms with van der Waals surface area (Å²) in [6.07, 6.45) is 7.15. The van der Waals surface area contributed by atoms with Gasteiger partial charge in [-0.25, -0.2) is 4.79 Å². The van der Waals surface area contributed by atoms with Gasteiger partial charge in [-0.05, 0) is 37.3 Å². The van der Waals surface area contributed by atoms with Crippen LogP contribution in [0.4, 0.5) is 10.5 Å². The van der Waals surface area contributed by atoms with E-state index in [0.717, 1.165) is 44.6 Å². The van der Waals surface area contributed by atoms with E-state index in [1.54, 1.807) is 7.11 Å². The minimum Gasteiger partial charge on any atom is -0.497 e. The molecule has 1 saturated carbocycles. The molecule has 0 spiro atoms. The molecule has 2 amide bonds. The van der Waals surface area contributed by atoms with Crippen molar-refractivity contribution in [2.75, 3.05) is 31.6 Å². The Bertz CT molecular complexity index is 543. The maximum absolute atomic E-state index is 12.1. The fraction of sp³-hybridized carbons (Fsp3) is 0.632. The molecule has 2 N–H and O–H groups in total. The van der Waals surface area contributed by atoms with Crippen LogP contribution in [0.1, 0.15) is 38.5 Å². The Hall–Kier alpha value is -1.91. The zero-order valence-electron chi connectivity index (χ0n) is 14.6. The van der Waals surface area contributed by atoms with Crippen LogP contribution < -0.4 is 20.3 Å². The highest BCUT2D eigenvalue weighted by Gasteiger charge is 2.24. The Balaban J connectivity index is 1.41. The van der Waals surface area contributed by atoms with Crippen molar-refractivity contribution < 1.29 is 9.53 Å². The standard InChI is InChI=1S/C19H29N3O2/c1-24-18-9-5-8-17(12-18)22-11-10-15(14-22)13-20-19(23)21-16-6-3-2-4-7-16/h5,8-9,12,15-16H,2-4,6-7,10-11,13-14H2,1H3,(H2,20,21,23)/t15-/m0/s1. The number of rotatable bonds is 5. The smallest absolute Gasteiger partial charge is 0.315 e. The third-order valence-corrected chi connectivity index (χ3v) is 5.20. The van der Waals surface area contributed by atoms with E-state index in [9.17, 15) is 4.79 Å². The summed E-state index contributed by atoms with van der Waals surface area (Å²) in [5, 5.41) is 6.19. The average Bonchev–Trinajstić information content (AvgIpc) is 3.10. The number of nitrogens with zero attached hydrogens (tertiary/aromatic N) is 1. The van der Waals surface area contributed by atoms with Crippen LogP contribution in [0.2, 0.25) is 0 Å². The van der Waals surface area contributed by atoms with Gasteiger partial charge in [0.2, 0.25) is 0 Å². The van der Waals surface area contributed by atoms with E-state index < -0.39 is 0 Å². The molecule has 24 heavy (non-hydrogen) atoms. The molecule has 0 unspecified atom stereocenters. The number of hydrogen-bond donors (Lipinski definition) is 2. The van der Waals surface area contributed by atoms with Gasteiger partial charge < -0.3 is 20.3 Å². The summed E-state index contributed by atoms with van der Waals surface area (Å²) in [5.74, 6) is 1.40. The van der Waals surface area contributed by atoms with Gasteiger partial charge in [-0.15, -0.1) is 0 Å². The molecule has 1 saturated heterocycles. The molecule has 1 aromatic rings. The van der Waals surface area contributed by atoms with Gasteiger partial charge in [0.1, 0.15) is 5.75 Å². The van der Waals surface area contributed by atoms with Crippen molar-refractivity contribution in [1.82, 2.24) is 10.6 Å². The summed E-state index contributed by atoms with van der Waals surface area (Å²) in [5.41, 5.74) is 1.20. The van der Waals surface area contributed by atoms with Gasteiger partial charge in [-0.3, -0.25) is 0 Å². The molecule has 3 rings (SSSR count). The molecule has 2 aliphatic rings. The van der Waals surface area contributed by atoms with Gasteiger partial charge in [0.05, 0.1) is 7.11 Å². The van der Waals surface area contributed by atoms with Crippen molar-refractivity contribution in [2.45, 2.75) is 44.6 Å². The molecule has 5 heteroatoms. The zero-order valence-corrected chi connectivity index (χ0v) is 14.6. The van der Waals surface area contributed by atoms with Crippen LogP contribution in [0.3, 0.4) is 0 Å². The molecule has 132 valence electrons. The first kappa shape index (κ1) is 16.9. The van der Waals surface area contributed by atoms with Gasteiger partial charge in [-0.2, -0.15) is 0 Å². The monoisotopic (exact) mass is 331 g/mol. The number of nitrogens with one attached hydrogen (secondary N) is 2. The highest BCUT2D eigenvalue weighted by molar-refractivity contribution is 5.74. The Morgan fingerprint density at radius 1 is 1.25 bits per heavy atom. The molecular formula is C19H29N3O2. The molecule has 2 fully saturated rings. The van der Waals surface area contributed by atoms with Crippen molar-refractivity contribution in [2.24, 2.45) is 5.92 Å². The van der Waals surface area contributed by atoms with Gasteiger partial charge >= 0.3 is 6.03 Å². The van der Waals surface area contributed by atoms with Crippen LogP contribution in [-0.2, 0) is 0 Å². The molecule has 1 aliphatic heterocycles. The second-order valence-corrected chi connectivity index (χ2v) is 6.99. The number of hydrogen-bond acceptors (Lipinski definition) is 3. The largest absolute Gasteiger partial charge is 0.497 e. The number of methoxy groups -OCH3 is 1. The molecule has 0 radical (unpaired) electrons. The van der Waals surface area contributed by atoms with Crippen LogP contribution >= 0.6 is 0 Å². The van der Waals surface area contributed by atoms with E-state index in [0.29, 0.717) is 12.0 Å². The highest BCUT2D eigenvalue weighted by atomic mass is 16.5. The zero-order chi connectivity index (χ0) is 16.8. The summed E-state index contributed by atoms with van der Waals surface area (Å²) in [7, 11) is 1.70. The van der Waals surface area contributed by atoms with Gasteiger partial charge in [0.15, 0.2) is 0 Å². The third-order valence-electron chi connectivity index (χ3n) is 5.20. The molecule has 0 bridgehead atoms. The molecule has 1 aromatic carbocycles. The van der Waals surface area contributed by atoms with E-state index >= 15 is 0 Å². The Morgan fingerprint density at radius 3 is 2.88 bits per heavy atom. The Labute approximate surface area is 144 Å². The topological polar surface area (TPSA) is 53.6 Å². The van der Waals surface area contributed by atoms with Gasteiger partial charge in [-0.1, -0.05) is 25.3 Å². The second kappa shape index (κ2) is 8.27. The lowest BCUT2D eigenvalue weighted by Crippen LogP contribution is -2.44. The average molecular weight is 331 g/mol. The van der Waals surface area contributed by atoms with E-state index in [-0.39, 0.29) is 6.03 Å². The summed E-state index contributed by atoms with van der Waals surface area (Å²) < 4.78 is 5.30. The van der Waals surface area contributed by atoms with Gasteiger partial charge in [0, 0.05) is 37.4 Å². The first-order valence-electron chi connectivity index (χ1n) is 9.18. The molecule has 1 heterocycles. The third kappa shape index (κ3) is 4.56. The van der Waals surface area contributed by atoms with Crippen molar-refractivity contribution >= 4 is 11.7 Å². The number of amides is 2. The van der Waals surface area contributed by atoms with Crippen molar-refractivity contribution in [3.8, 4) is 5.75 Å². The molecular weight excluding hydrogens is 302 g/mol. The van der Waals surface area contributed by atoms with Crippen molar-refractivity contribution in [1.29, 1.82) is 0 Å². The van der Waals surface area contributed by atoms with Crippen LogP contribution in [-0.4, -0.2) is 38.8 Å². The number of ether oxygens (including phenoxy) is 1. The van der Waals surface area contributed by atoms with E-state index in [1.165, 1.54) is 24.9 Å². The fourth-order valence-electron chi connectivity index (χ4n) is 3.76.